The van der Waals surface area contributed by atoms with E-state index in [0.29, 0.717) is 35.6 Å². The molecule has 2 unspecified atom stereocenters. The highest BCUT2D eigenvalue weighted by molar-refractivity contribution is 6.80. The van der Waals surface area contributed by atoms with Gasteiger partial charge in [-0.3, -0.25) is 4.79 Å². The van der Waals surface area contributed by atoms with Crippen LogP contribution < -0.4 is 14.2 Å². The monoisotopic (exact) mass is 595 g/mol. The third kappa shape index (κ3) is 5.82. The first-order valence-corrected chi connectivity index (χ1v) is 13.0. The highest BCUT2D eigenvalue weighted by Gasteiger charge is 2.71. The molecule has 1 saturated heterocycles. The second kappa shape index (κ2) is 11.6. The lowest BCUT2D eigenvalue weighted by molar-refractivity contribution is -0.376. The van der Waals surface area contributed by atoms with Gasteiger partial charge in [0.1, 0.15) is 18.1 Å². The number of hydrogen-bond donors (Lipinski definition) is 1. The minimum atomic E-state index is -6.00. The number of carbonyl (C=O) groups excluding carboxylic acids is 2. The van der Waals surface area contributed by atoms with Crippen molar-refractivity contribution < 1.29 is 55.2 Å². The zero-order chi connectivity index (χ0) is 30.9. The largest absolute Gasteiger partial charge is 0.481 e. The summed E-state index contributed by atoms with van der Waals surface area (Å²) >= 11 is 0. The van der Waals surface area contributed by atoms with E-state index in [1.165, 1.54) is 7.28 Å². The number of alkyl halides is 6. The molecule has 13 heteroatoms. The molecule has 4 rings (SSSR count). The maximum absolute atomic E-state index is 13.4. The molecule has 223 valence electrons. The molecule has 42 heavy (non-hydrogen) atoms. The van der Waals surface area contributed by atoms with Crippen LogP contribution in [-0.2, 0) is 26.9 Å². The molecule has 0 saturated carbocycles. The van der Waals surface area contributed by atoms with E-state index in [4.69, 9.17) is 14.2 Å². The van der Waals surface area contributed by atoms with Crippen LogP contribution in [0.3, 0.4) is 0 Å². The van der Waals surface area contributed by atoms with E-state index in [0.717, 1.165) is 6.07 Å². The van der Waals surface area contributed by atoms with Gasteiger partial charge in [-0.2, -0.15) is 26.3 Å². The van der Waals surface area contributed by atoms with Crippen molar-refractivity contribution in [2.75, 3.05) is 13.4 Å². The predicted molar refractivity (Wildman–Crippen MR) is 138 cm³/mol. The number of aliphatic hydroxyl groups is 1. The van der Waals surface area contributed by atoms with Crippen molar-refractivity contribution in [2.45, 2.75) is 62.8 Å². The van der Waals surface area contributed by atoms with Gasteiger partial charge in [0.05, 0.1) is 5.68 Å². The molecule has 1 radical (unpaired) electrons. The first-order valence-electron chi connectivity index (χ1n) is 13.0. The van der Waals surface area contributed by atoms with E-state index in [2.05, 4.69) is 11.8 Å². The van der Waals surface area contributed by atoms with Crippen molar-refractivity contribution in [1.29, 1.82) is 0 Å². The van der Waals surface area contributed by atoms with E-state index >= 15 is 0 Å². The van der Waals surface area contributed by atoms with Crippen molar-refractivity contribution in [3.05, 3.63) is 53.1 Å². The van der Waals surface area contributed by atoms with Crippen LogP contribution in [-0.4, -0.2) is 49.6 Å². The summed E-state index contributed by atoms with van der Waals surface area (Å²) in [7, 11) is 1.39. The minimum Gasteiger partial charge on any atom is -0.481 e. The number of carbonyl (C=O) groups is 2. The summed E-state index contributed by atoms with van der Waals surface area (Å²) in [6, 6.07) is 7.10. The van der Waals surface area contributed by atoms with Crippen LogP contribution in [0.15, 0.2) is 36.4 Å². The zero-order valence-electron chi connectivity index (χ0n) is 22.6. The van der Waals surface area contributed by atoms with Crippen LogP contribution in [0.1, 0.15) is 49.8 Å². The standard InChI is InChI=1S/C29H26BF6O6/c1-3-6-17-13-20(27(39,28(31,32)33)29(34,35)36)9-10-21(17)40-12-5-4-7-18-14-24(37)30-26(2,25(18)38)19-8-11-22-23(15-19)42-16-41-22/h8-11,13,15,18,39H,3,6-7,12,14,16H2,1-2H3. The molecular formula is C29H26BF6O6. The average molecular weight is 595 g/mol. The summed E-state index contributed by atoms with van der Waals surface area (Å²) < 4.78 is 96.1. The van der Waals surface area contributed by atoms with Crippen LogP contribution in [0.4, 0.5) is 26.3 Å². The summed E-state index contributed by atoms with van der Waals surface area (Å²) in [6.45, 7) is 3.09. The van der Waals surface area contributed by atoms with Gasteiger partial charge in [0.15, 0.2) is 11.5 Å². The number of rotatable bonds is 7. The van der Waals surface area contributed by atoms with E-state index in [1.54, 1.807) is 32.0 Å². The second-order valence-corrected chi connectivity index (χ2v) is 10.3. The Kier molecular flexibility index (Phi) is 8.61. The number of aryl methyl sites for hydroxylation is 1. The van der Waals surface area contributed by atoms with Gasteiger partial charge in [0, 0.05) is 29.6 Å². The van der Waals surface area contributed by atoms with E-state index < -0.39 is 34.7 Å². The van der Waals surface area contributed by atoms with Crippen LogP contribution in [0.5, 0.6) is 17.2 Å². The summed E-state index contributed by atoms with van der Waals surface area (Å²) in [4.78, 5) is 26.0. The number of hydrogen-bond acceptors (Lipinski definition) is 6. The molecule has 2 heterocycles. The Morgan fingerprint density at radius 3 is 2.38 bits per heavy atom. The van der Waals surface area contributed by atoms with Gasteiger partial charge in [-0.15, -0.1) is 0 Å². The molecule has 0 aliphatic carbocycles. The van der Waals surface area contributed by atoms with Gasteiger partial charge in [-0.25, -0.2) is 0 Å². The summed E-state index contributed by atoms with van der Waals surface area (Å²) in [5, 5.41) is 8.52. The highest BCUT2D eigenvalue weighted by Crippen LogP contribution is 2.50. The molecule has 1 fully saturated rings. The van der Waals surface area contributed by atoms with Gasteiger partial charge < -0.3 is 24.1 Å². The van der Waals surface area contributed by atoms with Crippen LogP contribution in [0.2, 0.25) is 0 Å². The fraction of sp³-hybridized carbons (Fsp3) is 0.448. The molecule has 2 aromatic carbocycles. The Morgan fingerprint density at radius 1 is 1.02 bits per heavy atom. The van der Waals surface area contributed by atoms with Crippen molar-refractivity contribution in [3.63, 3.8) is 0 Å². The number of benzene rings is 2. The number of Topliss-reactive ketones (excluding diaryl/α,β-unsaturated/α-hetero) is 1. The van der Waals surface area contributed by atoms with Gasteiger partial charge >= 0.3 is 12.4 Å². The molecule has 0 amide bonds. The zero-order valence-corrected chi connectivity index (χ0v) is 22.6. The number of ketones is 1. The molecule has 1 N–H and O–H groups in total. The quantitative estimate of drug-likeness (QED) is 0.270. The molecule has 0 aromatic heterocycles. The van der Waals surface area contributed by atoms with Gasteiger partial charge in [0.25, 0.3) is 5.60 Å². The average Bonchev–Trinajstić information content (AvgIpc) is 3.38. The first-order chi connectivity index (χ1) is 19.6. The van der Waals surface area contributed by atoms with Crippen molar-refractivity contribution in [2.24, 2.45) is 5.92 Å². The number of ether oxygens (including phenoxy) is 3. The van der Waals surface area contributed by atoms with Crippen LogP contribution in [0, 0.1) is 17.8 Å². The molecule has 2 aromatic rings. The van der Waals surface area contributed by atoms with E-state index in [-0.39, 0.29) is 55.4 Å². The topological polar surface area (TPSA) is 82.1 Å². The maximum Gasteiger partial charge on any atom is 0.430 e. The predicted octanol–water partition coefficient (Wildman–Crippen LogP) is 5.19. The molecule has 6 nitrogen and oxygen atoms in total. The van der Waals surface area contributed by atoms with Gasteiger partial charge in [0.2, 0.25) is 14.1 Å². The highest BCUT2D eigenvalue weighted by atomic mass is 19.4. The summed E-state index contributed by atoms with van der Waals surface area (Å²) in [5.41, 5.74) is -6.03. The Hall–Kier alpha value is -3.66. The van der Waals surface area contributed by atoms with Gasteiger partial charge in [-0.1, -0.05) is 44.2 Å². The maximum atomic E-state index is 13.4. The first kappa shape index (κ1) is 31.3. The lowest BCUT2D eigenvalue weighted by Gasteiger charge is -2.35. The SMILES string of the molecule is CCCc1cc(C(O)(C(F)(F)F)C(F)(F)F)ccc1OCC#CCC1CC(=O)[B]C(C)(c2ccc3c(c2)OCO3)C1=O. The van der Waals surface area contributed by atoms with Crippen LogP contribution in [0.25, 0.3) is 0 Å². The molecule has 0 spiro atoms. The Labute approximate surface area is 238 Å². The lowest BCUT2D eigenvalue weighted by Crippen LogP contribution is -2.53. The third-order valence-corrected chi connectivity index (χ3v) is 7.34. The molecular weight excluding hydrogens is 569 g/mol. The fourth-order valence-electron chi connectivity index (χ4n) is 5.08. The van der Waals surface area contributed by atoms with Crippen molar-refractivity contribution >= 4 is 18.7 Å². The Morgan fingerprint density at radius 2 is 1.71 bits per heavy atom. The molecule has 0 bridgehead atoms. The molecule has 2 aliphatic heterocycles. The Balaban J connectivity index is 1.46. The van der Waals surface area contributed by atoms with Crippen molar-refractivity contribution in [1.82, 2.24) is 0 Å². The number of fused-ring (bicyclic) bond motifs is 1. The van der Waals surface area contributed by atoms with Gasteiger partial charge in [-0.05, 0) is 41.8 Å². The second-order valence-electron chi connectivity index (χ2n) is 10.3. The summed E-state index contributed by atoms with van der Waals surface area (Å²) in [6.07, 6.45) is -11.5. The smallest absolute Gasteiger partial charge is 0.430 e. The minimum absolute atomic E-state index is 0.00972. The fourth-order valence-corrected chi connectivity index (χ4v) is 5.08. The molecule has 2 aliphatic rings. The van der Waals surface area contributed by atoms with E-state index in [1.807, 2.05) is 0 Å². The lowest BCUT2D eigenvalue weighted by atomic mass is 9.41. The number of halogens is 6. The Bertz CT molecular complexity index is 1410. The third-order valence-electron chi connectivity index (χ3n) is 7.34. The van der Waals surface area contributed by atoms with Crippen molar-refractivity contribution in [3.8, 4) is 29.1 Å². The van der Waals surface area contributed by atoms with Crippen LogP contribution >= 0.6 is 0 Å². The summed E-state index contributed by atoms with van der Waals surface area (Å²) in [5.74, 6) is 5.58. The van der Waals surface area contributed by atoms with E-state index in [9.17, 15) is 41.0 Å². The normalized spacial score (nSPS) is 20.5. The molecule has 2 atom stereocenters.